The van der Waals surface area contributed by atoms with Crippen molar-refractivity contribution in [2.45, 2.75) is 25.3 Å². The second-order valence-electron chi connectivity index (χ2n) is 4.24. The molecule has 0 radical (unpaired) electrons. The summed E-state index contributed by atoms with van der Waals surface area (Å²) >= 11 is 0. The van der Waals surface area contributed by atoms with E-state index in [1.54, 1.807) is 0 Å². The van der Waals surface area contributed by atoms with E-state index in [1.807, 2.05) is 12.4 Å². The standard InChI is InChI=1S/C11H18N4.ClH/c1-15-4-2-3-9(8-15)10-6-13-11(5-12)14-7-10;/h6-7,9H,2-5,8,12H2,1H3;1H. The highest BCUT2D eigenvalue weighted by Crippen LogP contribution is 2.24. The van der Waals surface area contributed by atoms with E-state index in [4.69, 9.17) is 5.73 Å². The van der Waals surface area contributed by atoms with Gasteiger partial charge in [0.25, 0.3) is 0 Å². The number of halogens is 1. The number of aromatic nitrogens is 2. The minimum atomic E-state index is 0. The summed E-state index contributed by atoms with van der Waals surface area (Å²) in [5, 5.41) is 0. The van der Waals surface area contributed by atoms with Crippen LogP contribution >= 0.6 is 12.4 Å². The molecule has 0 saturated carbocycles. The summed E-state index contributed by atoms with van der Waals surface area (Å²) < 4.78 is 0. The van der Waals surface area contributed by atoms with Gasteiger partial charge >= 0.3 is 0 Å². The molecule has 1 saturated heterocycles. The van der Waals surface area contributed by atoms with Gasteiger partial charge in [-0.05, 0) is 37.9 Å². The first-order chi connectivity index (χ1) is 7.29. The van der Waals surface area contributed by atoms with Gasteiger partial charge in [-0.1, -0.05) is 0 Å². The Morgan fingerprint density at radius 1 is 1.44 bits per heavy atom. The molecule has 1 aromatic rings. The van der Waals surface area contributed by atoms with Crippen LogP contribution in [-0.2, 0) is 6.54 Å². The molecule has 1 aliphatic rings. The second-order valence-corrected chi connectivity index (χ2v) is 4.24. The molecule has 2 N–H and O–H groups in total. The minimum Gasteiger partial charge on any atom is -0.324 e. The predicted octanol–water partition coefficient (Wildman–Crippen LogP) is 1.17. The predicted molar refractivity (Wildman–Crippen MR) is 66.6 cm³/mol. The highest BCUT2D eigenvalue weighted by molar-refractivity contribution is 5.85. The van der Waals surface area contributed by atoms with E-state index in [9.17, 15) is 0 Å². The summed E-state index contributed by atoms with van der Waals surface area (Å²) in [6.07, 6.45) is 6.37. The zero-order valence-electron chi connectivity index (χ0n) is 9.59. The fraction of sp³-hybridized carbons (Fsp3) is 0.636. The molecule has 1 unspecified atom stereocenters. The number of piperidine rings is 1. The van der Waals surface area contributed by atoms with E-state index in [2.05, 4.69) is 21.9 Å². The van der Waals surface area contributed by atoms with Gasteiger partial charge in [0.05, 0.1) is 6.54 Å². The largest absolute Gasteiger partial charge is 0.324 e. The normalized spacial score (nSPS) is 21.5. The van der Waals surface area contributed by atoms with Gasteiger partial charge in [0, 0.05) is 18.9 Å². The maximum atomic E-state index is 5.47. The third kappa shape index (κ3) is 3.14. The SMILES string of the molecule is CN1CCCC(c2cnc(CN)nc2)C1.Cl. The monoisotopic (exact) mass is 242 g/mol. The van der Waals surface area contributed by atoms with Gasteiger partial charge in [-0.3, -0.25) is 0 Å². The van der Waals surface area contributed by atoms with Gasteiger partial charge in [0.15, 0.2) is 0 Å². The number of rotatable bonds is 2. The molecule has 1 aliphatic heterocycles. The van der Waals surface area contributed by atoms with Crippen LogP contribution in [0.5, 0.6) is 0 Å². The average molecular weight is 243 g/mol. The number of hydrogen-bond donors (Lipinski definition) is 1. The van der Waals surface area contributed by atoms with E-state index in [0.717, 1.165) is 12.4 Å². The Morgan fingerprint density at radius 2 is 2.12 bits per heavy atom. The lowest BCUT2D eigenvalue weighted by Gasteiger charge is -2.29. The van der Waals surface area contributed by atoms with Crippen LogP contribution < -0.4 is 5.73 Å². The van der Waals surface area contributed by atoms with Gasteiger partial charge in [0.2, 0.25) is 0 Å². The number of likely N-dealkylation sites (tertiary alicyclic amines) is 1. The number of nitrogens with zero attached hydrogens (tertiary/aromatic N) is 3. The molecular formula is C11H19ClN4. The Bertz CT molecular complexity index is 314. The smallest absolute Gasteiger partial charge is 0.141 e. The summed E-state index contributed by atoms with van der Waals surface area (Å²) in [5.74, 6) is 1.32. The van der Waals surface area contributed by atoms with Crippen LogP contribution in [0, 0.1) is 0 Å². The van der Waals surface area contributed by atoms with E-state index in [0.29, 0.717) is 12.5 Å². The first-order valence-electron chi connectivity index (χ1n) is 5.49. The zero-order chi connectivity index (χ0) is 10.7. The molecule has 0 bridgehead atoms. The fourth-order valence-electron chi connectivity index (χ4n) is 2.12. The molecular weight excluding hydrogens is 224 g/mol. The fourth-order valence-corrected chi connectivity index (χ4v) is 2.12. The zero-order valence-corrected chi connectivity index (χ0v) is 10.4. The Balaban J connectivity index is 0.00000128. The molecule has 1 atom stereocenters. The van der Waals surface area contributed by atoms with Crippen molar-refractivity contribution in [3.63, 3.8) is 0 Å². The minimum absolute atomic E-state index is 0. The van der Waals surface area contributed by atoms with Crippen LogP contribution in [-0.4, -0.2) is 35.0 Å². The second kappa shape index (κ2) is 6.13. The Labute approximate surface area is 103 Å². The van der Waals surface area contributed by atoms with Crippen molar-refractivity contribution >= 4 is 12.4 Å². The highest BCUT2D eigenvalue weighted by atomic mass is 35.5. The van der Waals surface area contributed by atoms with Gasteiger partial charge < -0.3 is 10.6 Å². The van der Waals surface area contributed by atoms with Crippen molar-refractivity contribution in [3.8, 4) is 0 Å². The molecule has 0 aliphatic carbocycles. The average Bonchev–Trinajstić information content (AvgIpc) is 2.29. The maximum Gasteiger partial charge on any atom is 0.141 e. The van der Waals surface area contributed by atoms with Crippen molar-refractivity contribution in [2.75, 3.05) is 20.1 Å². The summed E-state index contributed by atoms with van der Waals surface area (Å²) in [4.78, 5) is 10.9. The Kier molecular flexibility index (Phi) is 5.12. The van der Waals surface area contributed by atoms with E-state index in [-0.39, 0.29) is 12.4 Å². The van der Waals surface area contributed by atoms with Crippen LogP contribution in [0.3, 0.4) is 0 Å². The molecule has 2 heterocycles. The van der Waals surface area contributed by atoms with Crippen LogP contribution in [0.2, 0.25) is 0 Å². The Hall–Kier alpha value is -0.710. The summed E-state index contributed by atoms with van der Waals surface area (Å²) in [6.45, 7) is 2.74. The number of hydrogen-bond acceptors (Lipinski definition) is 4. The van der Waals surface area contributed by atoms with E-state index in [1.165, 1.54) is 24.9 Å². The van der Waals surface area contributed by atoms with Crippen molar-refractivity contribution in [1.29, 1.82) is 0 Å². The lowest BCUT2D eigenvalue weighted by molar-refractivity contribution is 0.250. The van der Waals surface area contributed by atoms with E-state index >= 15 is 0 Å². The van der Waals surface area contributed by atoms with Gasteiger partial charge in [-0.25, -0.2) is 9.97 Å². The number of nitrogens with two attached hydrogens (primary N) is 1. The third-order valence-corrected chi connectivity index (χ3v) is 3.00. The third-order valence-electron chi connectivity index (χ3n) is 3.00. The van der Waals surface area contributed by atoms with Gasteiger partial charge in [0.1, 0.15) is 5.82 Å². The van der Waals surface area contributed by atoms with Crippen LogP contribution in [0.1, 0.15) is 30.1 Å². The first kappa shape index (κ1) is 13.4. The molecule has 2 rings (SSSR count). The quantitative estimate of drug-likeness (QED) is 0.846. The van der Waals surface area contributed by atoms with Crippen molar-refractivity contribution in [2.24, 2.45) is 5.73 Å². The number of likely N-dealkylation sites (N-methyl/N-ethyl adjacent to an activating group) is 1. The van der Waals surface area contributed by atoms with E-state index < -0.39 is 0 Å². The molecule has 0 amide bonds. The van der Waals surface area contributed by atoms with Crippen molar-refractivity contribution < 1.29 is 0 Å². The van der Waals surface area contributed by atoms with Crippen LogP contribution in [0.25, 0.3) is 0 Å². The lowest BCUT2D eigenvalue weighted by Crippen LogP contribution is -2.30. The summed E-state index contributed by atoms with van der Waals surface area (Å²) in [7, 11) is 2.17. The summed E-state index contributed by atoms with van der Waals surface area (Å²) in [6, 6.07) is 0. The van der Waals surface area contributed by atoms with Crippen LogP contribution in [0.15, 0.2) is 12.4 Å². The highest BCUT2D eigenvalue weighted by Gasteiger charge is 2.19. The topological polar surface area (TPSA) is 55.0 Å². The molecule has 1 fully saturated rings. The molecule has 5 heteroatoms. The maximum absolute atomic E-state index is 5.47. The van der Waals surface area contributed by atoms with Crippen LogP contribution in [0.4, 0.5) is 0 Å². The molecule has 0 aromatic carbocycles. The Morgan fingerprint density at radius 3 is 2.69 bits per heavy atom. The van der Waals surface area contributed by atoms with Crippen molar-refractivity contribution in [3.05, 3.63) is 23.8 Å². The molecule has 1 aromatic heterocycles. The van der Waals surface area contributed by atoms with Gasteiger partial charge in [-0.2, -0.15) is 0 Å². The summed E-state index contributed by atoms with van der Waals surface area (Å²) in [5.41, 5.74) is 6.72. The van der Waals surface area contributed by atoms with Gasteiger partial charge in [-0.15, -0.1) is 12.4 Å². The molecule has 0 spiro atoms. The lowest BCUT2D eigenvalue weighted by atomic mass is 9.93. The molecule has 4 nitrogen and oxygen atoms in total. The molecule has 16 heavy (non-hydrogen) atoms. The van der Waals surface area contributed by atoms with Crippen molar-refractivity contribution in [1.82, 2.24) is 14.9 Å². The molecule has 90 valence electrons. The first-order valence-corrected chi connectivity index (χ1v) is 5.49.